The summed E-state index contributed by atoms with van der Waals surface area (Å²) in [6.45, 7) is 0. The van der Waals surface area contributed by atoms with Crippen LogP contribution in [0.25, 0.3) is 33.8 Å². The van der Waals surface area contributed by atoms with Gasteiger partial charge in [-0.3, -0.25) is 4.55 Å². The fourth-order valence-electron chi connectivity index (χ4n) is 4.86. The number of aryl methyl sites for hydroxylation is 2. The van der Waals surface area contributed by atoms with Crippen molar-refractivity contribution in [2.75, 3.05) is 14.2 Å². The molecular formula is C46H55F3Ge2Ir2N3O5S-3. The van der Waals surface area contributed by atoms with Crippen molar-refractivity contribution in [3.05, 3.63) is 151 Å². The maximum absolute atomic E-state index is 10.7. The molecule has 0 atom stereocenters. The smallest absolute Gasteiger partial charge is 0 e. The second kappa shape index (κ2) is 28.8. The van der Waals surface area contributed by atoms with E-state index in [9.17, 15) is 13.2 Å². The third-order valence-electron chi connectivity index (χ3n) is 8.05. The van der Waals surface area contributed by atoms with E-state index in [0.29, 0.717) is 33.8 Å². The molecule has 3 heterocycles. The van der Waals surface area contributed by atoms with Crippen LogP contribution >= 0.6 is 0 Å². The molecule has 3 aromatic carbocycles. The van der Waals surface area contributed by atoms with Crippen molar-refractivity contribution in [2.24, 2.45) is 0 Å². The number of hydrogen-bond donors (Lipinski definition) is 3. The molecule has 62 heavy (non-hydrogen) atoms. The summed E-state index contributed by atoms with van der Waals surface area (Å²) in [4.78, 5) is 13.1. The molecule has 8 nitrogen and oxygen atoms in total. The minimum atomic E-state index is -5.84. The van der Waals surface area contributed by atoms with Gasteiger partial charge in [-0.1, -0.05) is 11.6 Å². The first kappa shape index (κ1) is 40.6. The van der Waals surface area contributed by atoms with Crippen LogP contribution in [0.2, 0.25) is 34.5 Å². The second-order valence-corrected chi connectivity index (χ2v) is 37.0. The van der Waals surface area contributed by atoms with Gasteiger partial charge in [-0.05, 0) is 39.7 Å². The van der Waals surface area contributed by atoms with Gasteiger partial charge in [0.1, 0.15) is 0 Å². The Balaban J connectivity index is 0.000000963. The third-order valence-corrected chi connectivity index (χ3v) is 17.1. The van der Waals surface area contributed by atoms with E-state index in [-0.39, 0.29) is 113 Å². The van der Waals surface area contributed by atoms with Gasteiger partial charge >= 0.3 is 226 Å². The van der Waals surface area contributed by atoms with Crippen molar-refractivity contribution >= 4 is 45.4 Å². The summed E-state index contributed by atoms with van der Waals surface area (Å²) in [6, 6.07) is 15.4. The SMILES string of the molecule is CO.CO.O=S(=O)(O)C(F)(F)F.[2H]c1[c-]c(-c2cc3c(cn2)CCCC3)c([2H])c([2H])c1[2H].[2H]c1[c-]c(-c2cc[c]([Ge]([CH3])([CH3])[CH3])cn2)c([2H])c([2H])c1[2H].[2H]c1[c-]c(-c2cc[c]([Ge]([CH3])([CH3])[CH3])cn2)c([2H])c([2H])c1[2H].[Ir].[Ir]. The summed E-state index contributed by atoms with van der Waals surface area (Å²) in [6.07, 6.45) is 9.88. The Labute approximate surface area is 415 Å². The number of hydrogen-bond acceptors (Lipinski definition) is 7. The van der Waals surface area contributed by atoms with Gasteiger partial charge in [-0.2, -0.15) is 21.6 Å². The van der Waals surface area contributed by atoms with Gasteiger partial charge < -0.3 is 15.2 Å². The van der Waals surface area contributed by atoms with Gasteiger partial charge in [0.05, 0.1) is 0 Å². The molecule has 0 aliphatic heterocycles. The number of alkyl halides is 3. The van der Waals surface area contributed by atoms with E-state index < -0.39 is 42.2 Å². The number of pyridine rings is 3. The average molecular weight is 1360 g/mol. The van der Waals surface area contributed by atoms with E-state index in [1.165, 1.54) is 26.3 Å². The summed E-state index contributed by atoms with van der Waals surface area (Å²) in [5.74, 6) is 13.7. The first-order valence-corrected chi connectivity index (χ1v) is 34.2. The van der Waals surface area contributed by atoms with Crippen LogP contribution in [0, 0.1) is 18.2 Å². The van der Waals surface area contributed by atoms with Gasteiger partial charge in [-0.15, -0.1) is 35.8 Å². The molecule has 3 N–H and O–H groups in total. The minimum Gasteiger partial charge on any atom is 0 e. The van der Waals surface area contributed by atoms with Crippen molar-refractivity contribution < 1.29 is 93.0 Å². The summed E-state index contributed by atoms with van der Waals surface area (Å²) < 4.78 is 152. The summed E-state index contributed by atoms with van der Waals surface area (Å²) in [5, 5.41) is 14.0. The van der Waals surface area contributed by atoms with Crippen molar-refractivity contribution in [1.82, 2.24) is 15.0 Å². The predicted molar refractivity (Wildman–Crippen MR) is 242 cm³/mol. The van der Waals surface area contributed by atoms with Crippen LogP contribution < -0.4 is 8.79 Å². The van der Waals surface area contributed by atoms with E-state index >= 15 is 0 Å². The van der Waals surface area contributed by atoms with Crippen molar-refractivity contribution in [3.63, 3.8) is 0 Å². The van der Waals surface area contributed by atoms with Crippen LogP contribution in [0.1, 0.15) is 40.4 Å². The molecule has 0 saturated carbocycles. The minimum absolute atomic E-state index is 0. The second-order valence-electron chi connectivity index (χ2n) is 14.3. The van der Waals surface area contributed by atoms with Gasteiger partial charge in [0, 0.05) is 63.4 Å². The molecule has 2 radical (unpaired) electrons. The van der Waals surface area contributed by atoms with Gasteiger partial charge in [0.2, 0.25) is 0 Å². The Kier molecular flexibility index (Phi) is 18.9. The maximum Gasteiger partial charge on any atom is 0 e. The summed E-state index contributed by atoms with van der Waals surface area (Å²) in [5.41, 5.74) is -0.398. The molecule has 1 aliphatic rings. The molecule has 0 fully saturated rings. The summed E-state index contributed by atoms with van der Waals surface area (Å²) in [7, 11) is -3.84. The number of rotatable bonds is 5. The normalized spacial score (nSPS) is 14.4. The molecule has 7 rings (SSSR count). The molecule has 0 saturated heterocycles. The van der Waals surface area contributed by atoms with Crippen LogP contribution in [-0.4, -0.2) is 84.4 Å². The molecule has 16 heteroatoms. The Morgan fingerprint density at radius 1 is 0.597 bits per heavy atom. The quantitative estimate of drug-likeness (QED) is 0.0674. The van der Waals surface area contributed by atoms with E-state index in [2.05, 4.69) is 67.7 Å². The average Bonchev–Trinajstić information content (AvgIpc) is 3.33. The largest absolute Gasteiger partial charge is 0 e. The zero-order valence-corrected chi connectivity index (χ0v) is 45.0. The zero-order chi connectivity index (χ0) is 55.4. The topological polar surface area (TPSA) is 134 Å². The molecular weight excluding hydrogens is 1290 g/mol. The first-order valence-electron chi connectivity index (χ1n) is 24.1. The maximum atomic E-state index is 10.7. The van der Waals surface area contributed by atoms with E-state index in [4.69, 9.17) is 39.6 Å². The van der Waals surface area contributed by atoms with Gasteiger partial charge in [0.15, 0.2) is 0 Å². The number of benzene rings is 3. The van der Waals surface area contributed by atoms with Crippen LogP contribution in [0.15, 0.2) is 121 Å². The van der Waals surface area contributed by atoms with Crippen LogP contribution in [-0.2, 0) is 63.2 Å². The molecule has 0 bridgehead atoms. The van der Waals surface area contributed by atoms with Crippen molar-refractivity contribution in [1.29, 1.82) is 0 Å². The molecule has 0 spiro atoms. The standard InChI is InChI=1S/C15H14N.2C14H16GeN.CHF3O3S.2CH4O.2Ir/c1-2-6-12(7-3-1)15-10-13-8-4-5-9-14(13)11-16-15;2*1-15(2,3)13-9-10-14(16-11-13)12-7-5-4-6-8-12;2-1(3,4)8(5,6)7;2*1-2;;/h1-3,6,10-11H,4-5,8-9H2;2*4-7,9-11H,1-3H3;(H,5,6,7);2*2H,1H3;;/q3*-1;;;;;/i1D,2D,3D,6D;2*4D,5D,6D,7D;;;;;. The molecule has 1 aliphatic carbocycles. The van der Waals surface area contributed by atoms with E-state index in [1.807, 2.05) is 48.9 Å². The van der Waals surface area contributed by atoms with Crippen LogP contribution in [0.5, 0.6) is 0 Å². The fraction of sp³-hybridized carbons (Fsp3) is 0.283. The number of nitrogens with zero attached hydrogens (tertiary/aromatic N) is 3. The van der Waals surface area contributed by atoms with Crippen LogP contribution in [0.3, 0.4) is 0 Å². The zero-order valence-electron chi connectivity index (χ0n) is 47.2. The van der Waals surface area contributed by atoms with Gasteiger partial charge in [0.25, 0.3) is 0 Å². The van der Waals surface area contributed by atoms with Gasteiger partial charge in [-0.25, -0.2) is 0 Å². The molecule has 0 unspecified atom stereocenters. The molecule has 3 aromatic heterocycles. The molecule has 6 aromatic rings. The Morgan fingerprint density at radius 2 is 0.935 bits per heavy atom. The van der Waals surface area contributed by atoms with E-state index in [1.54, 1.807) is 0 Å². The molecule has 0 amide bonds. The Hall–Kier alpha value is -2.89. The number of aliphatic hydroxyl groups excluding tert-OH is 2. The van der Waals surface area contributed by atoms with Crippen molar-refractivity contribution in [3.8, 4) is 33.8 Å². The Bertz CT molecular complexity index is 2830. The van der Waals surface area contributed by atoms with Crippen molar-refractivity contribution in [2.45, 2.75) is 65.7 Å². The molecule has 340 valence electrons. The fourth-order valence-corrected chi connectivity index (χ4v) is 9.20. The third kappa shape index (κ3) is 20.3. The number of fused-ring (bicyclic) bond motifs is 1. The Morgan fingerprint density at radius 3 is 1.26 bits per heavy atom. The van der Waals surface area contributed by atoms with Crippen LogP contribution in [0.4, 0.5) is 13.2 Å². The summed E-state index contributed by atoms with van der Waals surface area (Å²) >= 11 is -3.84. The van der Waals surface area contributed by atoms with E-state index in [0.717, 1.165) is 33.5 Å². The number of halogens is 3. The first-order chi connectivity index (χ1) is 33.3. The monoisotopic (exact) mass is 1360 g/mol. The number of aliphatic hydroxyl groups is 2. The predicted octanol–water partition coefficient (Wildman–Crippen LogP) is 9.22. The number of aromatic nitrogens is 3.